The Morgan fingerprint density at radius 1 is 1.32 bits per heavy atom. The zero-order chi connectivity index (χ0) is 13.8. The topological polar surface area (TPSA) is 50.9 Å². The number of pyridine rings is 1. The van der Waals surface area contributed by atoms with Crippen LogP contribution in [0.2, 0.25) is 0 Å². The molecule has 5 heteroatoms. The van der Waals surface area contributed by atoms with Crippen LogP contribution in [0.4, 0.5) is 8.78 Å². The number of hydrazine groups is 1. The van der Waals surface area contributed by atoms with Crippen molar-refractivity contribution in [1.82, 2.24) is 10.4 Å². The molecule has 1 atom stereocenters. The summed E-state index contributed by atoms with van der Waals surface area (Å²) in [5.74, 6) is 3.83. The summed E-state index contributed by atoms with van der Waals surface area (Å²) in [6, 6.07) is 7.50. The zero-order valence-electron chi connectivity index (χ0n) is 10.5. The fraction of sp³-hybridized carbons (Fsp3) is 0.214. The van der Waals surface area contributed by atoms with Gasteiger partial charge in [-0.05, 0) is 42.7 Å². The molecular formula is C14H15F2N3. The molecule has 100 valence electrons. The van der Waals surface area contributed by atoms with E-state index in [1.165, 1.54) is 6.07 Å². The highest BCUT2D eigenvalue weighted by Crippen LogP contribution is 2.21. The molecule has 0 fully saturated rings. The third-order valence-electron chi connectivity index (χ3n) is 2.98. The van der Waals surface area contributed by atoms with Crippen LogP contribution in [0.25, 0.3) is 0 Å². The van der Waals surface area contributed by atoms with Crippen molar-refractivity contribution in [3.8, 4) is 0 Å². The second-order valence-corrected chi connectivity index (χ2v) is 4.37. The van der Waals surface area contributed by atoms with E-state index >= 15 is 0 Å². The minimum Gasteiger partial charge on any atom is -0.271 e. The number of aryl methyl sites for hydroxylation is 1. The van der Waals surface area contributed by atoms with Gasteiger partial charge in [0, 0.05) is 11.9 Å². The van der Waals surface area contributed by atoms with Crippen LogP contribution in [0.15, 0.2) is 36.5 Å². The van der Waals surface area contributed by atoms with E-state index in [1.807, 2.05) is 13.0 Å². The lowest BCUT2D eigenvalue weighted by Gasteiger charge is -2.17. The van der Waals surface area contributed by atoms with E-state index in [4.69, 9.17) is 5.84 Å². The van der Waals surface area contributed by atoms with Crippen LogP contribution in [0.3, 0.4) is 0 Å². The van der Waals surface area contributed by atoms with Crippen LogP contribution >= 0.6 is 0 Å². The second-order valence-electron chi connectivity index (χ2n) is 4.37. The molecule has 0 saturated carbocycles. The van der Waals surface area contributed by atoms with Crippen LogP contribution in [-0.4, -0.2) is 4.98 Å². The van der Waals surface area contributed by atoms with Gasteiger partial charge >= 0.3 is 0 Å². The summed E-state index contributed by atoms with van der Waals surface area (Å²) in [7, 11) is 0. The maximum absolute atomic E-state index is 13.6. The van der Waals surface area contributed by atoms with E-state index in [9.17, 15) is 8.78 Å². The third-order valence-corrected chi connectivity index (χ3v) is 2.98. The van der Waals surface area contributed by atoms with Crippen molar-refractivity contribution < 1.29 is 8.78 Å². The average Bonchev–Trinajstić information content (AvgIpc) is 2.40. The highest BCUT2D eigenvalue weighted by Gasteiger charge is 2.15. The smallest absolute Gasteiger partial charge is 0.162 e. The molecule has 0 radical (unpaired) electrons. The third kappa shape index (κ3) is 3.13. The molecule has 0 aliphatic heterocycles. The number of rotatable bonds is 4. The maximum Gasteiger partial charge on any atom is 0.162 e. The lowest BCUT2D eigenvalue weighted by Crippen LogP contribution is -2.30. The van der Waals surface area contributed by atoms with Gasteiger partial charge in [-0.2, -0.15) is 0 Å². The molecule has 2 aromatic rings. The van der Waals surface area contributed by atoms with Crippen molar-refractivity contribution in [3.63, 3.8) is 0 Å². The second kappa shape index (κ2) is 5.86. The van der Waals surface area contributed by atoms with Crippen LogP contribution < -0.4 is 11.3 Å². The maximum atomic E-state index is 13.6. The first-order chi connectivity index (χ1) is 9.11. The fourth-order valence-corrected chi connectivity index (χ4v) is 1.98. The van der Waals surface area contributed by atoms with E-state index in [0.29, 0.717) is 0 Å². The van der Waals surface area contributed by atoms with Gasteiger partial charge in [0.05, 0.1) is 6.04 Å². The van der Waals surface area contributed by atoms with Crippen LogP contribution in [0, 0.1) is 18.6 Å². The Hall–Kier alpha value is -1.85. The molecule has 1 aromatic carbocycles. The molecule has 1 unspecified atom stereocenters. The summed E-state index contributed by atoms with van der Waals surface area (Å²) < 4.78 is 26.8. The SMILES string of the molecule is Cc1cc(C(Cc2cccc(F)c2F)NN)ccn1. The number of halogens is 2. The average molecular weight is 263 g/mol. The molecule has 0 saturated heterocycles. The predicted molar refractivity (Wildman–Crippen MR) is 69.1 cm³/mol. The van der Waals surface area contributed by atoms with Gasteiger partial charge in [0.15, 0.2) is 11.6 Å². The number of hydrogen-bond acceptors (Lipinski definition) is 3. The van der Waals surface area contributed by atoms with Gasteiger partial charge in [0.25, 0.3) is 0 Å². The molecule has 19 heavy (non-hydrogen) atoms. The number of nitrogens with one attached hydrogen (secondary N) is 1. The number of benzene rings is 1. The Bertz CT molecular complexity index is 572. The molecule has 0 bridgehead atoms. The summed E-state index contributed by atoms with van der Waals surface area (Å²) >= 11 is 0. The highest BCUT2D eigenvalue weighted by atomic mass is 19.2. The monoisotopic (exact) mass is 263 g/mol. The van der Waals surface area contributed by atoms with Gasteiger partial charge in [0.1, 0.15) is 0 Å². The lowest BCUT2D eigenvalue weighted by molar-refractivity contribution is 0.481. The van der Waals surface area contributed by atoms with Crippen LogP contribution in [0.1, 0.15) is 22.9 Å². The molecule has 3 nitrogen and oxygen atoms in total. The van der Waals surface area contributed by atoms with Crippen molar-refractivity contribution >= 4 is 0 Å². The van der Waals surface area contributed by atoms with Gasteiger partial charge in [-0.25, -0.2) is 8.78 Å². The molecule has 1 aromatic heterocycles. The number of nitrogens with two attached hydrogens (primary N) is 1. The van der Waals surface area contributed by atoms with Crippen molar-refractivity contribution in [1.29, 1.82) is 0 Å². The van der Waals surface area contributed by atoms with E-state index in [2.05, 4.69) is 10.4 Å². The fourth-order valence-electron chi connectivity index (χ4n) is 1.98. The summed E-state index contributed by atoms with van der Waals surface area (Å²) in [4.78, 5) is 4.09. The number of aromatic nitrogens is 1. The van der Waals surface area contributed by atoms with Crippen LogP contribution in [-0.2, 0) is 6.42 Å². The summed E-state index contributed by atoms with van der Waals surface area (Å²) in [5.41, 5.74) is 4.65. The Kier molecular flexibility index (Phi) is 4.19. The molecule has 0 amide bonds. The van der Waals surface area contributed by atoms with Gasteiger partial charge in [-0.3, -0.25) is 16.3 Å². The minimum atomic E-state index is -0.848. The van der Waals surface area contributed by atoms with Crippen molar-refractivity contribution in [3.05, 3.63) is 65.0 Å². The van der Waals surface area contributed by atoms with E-state index in [0.717, 1.165) is 17.3 Å². The van der Waals surface area contributed by atoms with E-state index in [1.54, 1.807) is 18.3 Å². The van der Waals surface area contributed by atoms with Crippen molar-refractivity contribution in [2.75, 3.05) is 0 Å². The molecule has 1 heterocycles. The first kappa shape index (κ1) is 13.6. The Balaban J connectivity index is 2.26. The molecule has 0 aliphatic rings. The van der Waals surface area contributed by atoms with E-state index < -0.39 is 11.6 Å². The summed E-state index contributed by atoms with van der Waals surface area (Å²) in [6.07, 6.45) is 1.93. The zero-order valence-corrected chi connectivity index (χ0v) is 10.5. The molecule has 0 aliphatic carbocycles. The molecular weight excluding hydrogens is 248 g/mol. The minimum absolute atomic E-state index is 0.267. The number of hydrogen-bond donors (Lipinski definition) is 2. The van der Waals surface area contributed by atoms with E-state index in [-0.39, 0.29) is 18.0 Å². The van der Waals surface area contributed by atoms with Gasteiger partial charge in [-0.1, -0.05) is 12.1 Å². The lowest BCUT2D eigenvalue weighted by atomic mass is 9.99. The summed E-state index contributed by atoms with van der Waals surface area (Å²) in [6.45, 7) is 1.86. The first-order valence-corrected chi connectivity index (χ1v) is 5.93. The highest BCUT2D eigenvalue weighted by molar-refractivity contribution is 5.25. The summed E-state index contributed by atoms with van der Waals surface area (Å²) in [5, 5.41) is 0. The predicted octanol–water partition coefficient (Wildman–Crippen LogP) is 2.42. The molecule has 2 rings (SSSR count). The van der Waals surface area contributed by atoms with Gasteiger partial charge in [0.2, 0.25) is 0 Å². The standard InChI is InChI=1S/C14H15F2N3/c1-9-7-10(5-6-18-9)13(19-17)8-11-3-2-4-12(15)14(11)16/h2-7,13,19H,8,17H2,1H3. The van der Waals surface area contributed by atoms with Crippen molar-refractivity contribution in [2.45, 2.75) is 19.4 Å². The first-order valence-electron chi connectivity index (χ1n) is 5.93. The van der Waals surface area contributed by atoms with Crippen LogP contribution in [0.5, 0.6) is 0 Å². The van der Waals surface area contributed by atoms with Gasteiger partial charge in [-0.15, -0.1) is 0 Å². The normalized spacial score (nSPS) is 12.4. The Labute approximate surface area is 110 Å². The van der Waals surface area contributed by atoms with Crippen molar-refractivity contribution in [2.24, 2.45) is 5.84 Å². The molecule has 0 spiro atoms. The quantitative estimate of drug-likeness (QED) is 0.658. The Morgan fingerprint density at radius 3 is 2.79 bits per heavy atom. The Morgan fingerprint density at radius 2 is 2.11 bits per heavy atom. The molecule has 3 N–H and O–H groups in total. The largest absolute Gasteiger partial charge is 0.271 e. The number of nitrogens with zero attached hydrogens (tertiary/aromatic N) is 1. The van der Waals surface area contributed by atoms with Gasteiger partial charge < -0.3 is 0 Å².